The van der Waals surface area contributed by atoms with E-state index in [2.05, 4.69) is 4.98 Å². The average molecular weight is 460 g/mol. The minimum absolute atomic E-state index is 0.186. The van der Waals surface area contributed by atoms with Crippen LogP contribution in [0.4, 0.5) is 0 Å². The molecular weight excluding hydrogens is 438 g/mol. The Morgan fingerprint density at radius 2 is 2.13 bits per heavy atom. The smallest absolute Gasteiger partial charge is 0.343 e. The Bertz CT molecular complexity index is 1120. The number of aromatic nitrogens is 2. The van der Waals surface area contributed by atoms with Crippen molar-refractivity contribution < 1.29 is 19.1 Å². The summed E-state index contributed by atoms with van der Waals surface area (Å²) in [6.07, 6.45) is 1.00. The predicted molar refractivity (Wildman–Crippen MR) is 117 cm³/mol. The number of nitrogens with zero attached hydrogens (tertiary/aromatic N) is 3. The number of carbonyl (C=O) groups excluding carboxylic acids is 2. The fourth-order valence-corrected chi connectivity index (χ4v) is 4.80. The lowest BCUT2D eigenvalue weighted by atomic mass is 10.1. The van der Waals surface area contributed by atoms with Gasteiger partial charge in [-0.15, -0.1) is 22.7 Å². The van der Waals surface area contributed by atoms with Gasteiger partial charge in [0.05, 0.1) is 19.2 Å². The topological polar surface area (TPSA) is 90.7 Å². The second-order valence-corrected chi connectivity index (χ2v) is 8.66. The first-order chi connectivity index (χ1) is 15.1. The van der Waals surface area contributed by atoms with E-state index < -0.39 is 5.97 Å². The highest BCUT2D eigenvalue weighted by Gasteiger charge is 2.28. The predicted octanol–water partition coefficient (Wildman–Crippen LogP) is 2.47. The molecule has 4 heterocycles. The summed E-state index contributed by atoms with van der Waals surface area (Å²) in [5.74, 6) is -0.526. The molecule has 0 aromatic carbocycles. The number of rotatable bonds is 6. The van der Waals surface area contributed by atoms with E-state index in [1.165, 1.54) is 29.1 Å². The Hall–Kier alpha value is -2.98. The number of carbonyl (C=O) groups is 2. The summed E-state index contributed by atoms with van der Waals surface area (Å²) in [6, 6.07) is 5.31. The van der Waals surface area contributed by atoms with Crippen LogP contribution in [0.1, 0.15) is 31.4 Å². The summed E-state index contributed by atoms with van der Waals surface area (Å²) < 4.78 is 12.4. The number of ether oxygens (including phenoxy) is 2. The third-order valence-electron chi connectivity index (χ3n) is 5.11. The molecule has 31 heavy (non-hydrogen) atoms. The van der Waals surface area contributed by atoms with E-state index in [4.69, 9.17) is 9.47 Å². The first-order valence-electron chi connectivity index (χ1n) is 9.76. The van der Waals surface area contributed by atoms with Crippen LogP contribution in [-0.4, -0.2) is 53.1 Å². The molecule has 10 heteroatoms. The molecule has 0 saturated heterocycles. The monoisotopic (exact) mass is 459 g/mol. The van der Waals surface area contributed by atoms with Crippen molar-refractivity contribution in [1.82, 2.24) is 14.5 Å². The van der Waals surface area contributed by atoms with Gasteiger partial charge in [0.25, 0.3) is 11.5 Å². The number of thiazole rings is 1. The molecule has 0 saturated carbocycles. The van der Waals surface area contributed by atoms with Gasteiger partial charge in [0.15, 0.2) is 0 Å². The molecule has 1 amide bonds. The molecule has 162 valence electrons. The van der Waals surface area contributed by atoms with Gasteiger partial charge >= 0.3 is 5.97 Å². The lowest BCUT2D eigenvalue weighted by molar-refractivity contribution is 0.0593. The third-order valence-corrected chi connectivity index (χ3v) is 6.63. The Balaban J connectivity index is 1.60. The third kappa shape index (κ3) is 4.54. The first kappa shape index (κ1) is 21.3. The Morgan fingerprint density at radius 3 is 2.84 bits per heavy atom. The normalized spacial score (nSPS) is 13.4. The molecule has 8 nitrogen and oxygen atoms in total. The molecule has 0 N–H and O–H groups in total. The molecule has 1 aliphatic heterocycles. The molecule has 0 spiro atoms. The molecule has 0 atom stereocenters. The van der Waals surface area contributed by atoms with Crippen LogP contribution in [0.5, 0.6) is 5.75 Å². The fraction of sp³-hybridized carbons (Fsp3) is 0.333. The quantitative estimate of drug-likeness (QED) is 0.526. The average Bonchev–Trinajstić information content (AvgIpc) is 3.44. The van der Waals surface area contributed by atoms with Crippen LogP contribution >= 0.6 is 22.7 Å². The number of amides is 1. The van der Waals surface area contributed by atoms with Crippen molar-refractivity contribution in [3.63, 3.8) is 0 Å². The summed E-state index contributed by atoms with van der Waals surface area (Å²) >= 11 is 2.98. The molecule has 0 fully saturated rings. The van der Waals surface area contributed by atoms with E-state index >= 15 is 0 Å². The molecule has 1 aliphatic rings. The van der Waals surface area contributed by atoms with Crippen molar-refractivity contribution in [3.8, 4) is 5.75 Å². The first-order valence-corrected chi connectivity index (χ1v) is 11.6. The number of pyridine rings is 1. The molecule has 3 aromatic heterocycles. The van der Waals surface area contributed by atoms with Crippen molar-refractivity contribution in [2.45, 2.75) is 19.4 Å². The Kier molecular flexibility index (Phi) is 6.47. The number of fused-ring (bicyclic) bond motifs is 1. The molecule has 0 bridgehead atoms. The van der Waals surface area contributed by atoms with Gasteiger partial charge in [-0.25, -0.2) is 9.78 Å². The van der Waals surface area contributed by atoms with Crippen molar-refractivity contribution in [1.29, 1.82) is 0 Å². The fourth-order valence-electron chi connectivity index (χ4n) is 3.58. The van der Waals surface area contributed by atoms with E-state index in [9.17, 15) is 14.4 Å². The van der Waals surface area contributed by atoms with Crippen LogP contribution < -0.4 is 10.3 Å². The van der Waals surface area contributed by atoms with Crippen molar-refractivity contribution in [3.05, 3.63) is 66.7 Å². The summed E-state index contributed by atoms with van der Waals surface area (Å²) in [4.78, 5) is 45.0. The van der Waals surface area contributed by atoms with Crippen molar-refractivity contribution in [2.75, 3.05) is 26.8 Å². The second kappa shape index (κ2) is 9.44. The van der Waals surface area contributed by atoms with Crippen molar-refractivity contribution >= 4 is 34.6 Å². The number of methoxy groups -OCH3 is 1. The molecule has 0 unspecified atom stereocenters. The van der Waals surface area contributed by atoms with Gasteiger partial charge in [0.2, 0.25) is 0 Å². The maximum absolute atomic E-state index is 12.8. The van der Waals surface area contributed by atoms with E-state index in [1.54, 1.807) is 27.1 Å². The highest BCUT2D eigenvalue weighted by molar-refractivity contribution is 7.09. The summed E-state index contributed by atoms with van der Waals surface area (Å²) in [5.41, 5.74) is 2.50. The second-order valence-electron chi connectivity index (χ2n) is 6.91. The van der Waals surface area contributed by atoms with Gasteiger partial charge in [0, 0.05) is 54.5 Å². The minimum atomic E-state index is -0.561. The summed E-state index contributed by atoms with van der Waals surface area (Å²) in [7, 11) is 1.30. The zero-order valence-electron chi connectivity index (χ0n) is 16.9. The van der Waals surface area contributed by atoms with Gasteiger partial charge in [0.1, 0.15) is 17.0 Å². The van der Waals surface area contributed by atoms with E-state index in [0.717, 1.165) is 4.88 Å². The van der Waals surface area contributed by atoms with Gasteiger partial charge < -0.3 is 18.9 Å². The lowest BCUT2D eigenvalue weighted by Gasteiger charge is -2.18. The maximum atomic E-state index is 12.8. The van der Waals surface area contributed by atoms with E-state index in [1.807, 2.05) is 17.5 Å². The minimum Gasteiger partial charge on any atom is -0.492 e. The maximum Gasteiger partial charge on any atom is 0.343 e. The van der Waals surface area contributed by atoms with Gasteiger partial charge in [-0.2, -0.15) is 0 Å². The number of hydrogen-bond acceptors (Lipinski definition) is 8. The number of hydrogen-bond donors (Lipinski definition) is 0. The van der Waals surface area contributed by atoms with Crippen LogP contribution in [0.25, 0.3) is 0 Å². The Morgan fingerprint density at radius 1 is 1.26 bits per heavy atom. The molecule has 0 radical (unpaired) electrons. The SMILES string of the molecule is COC(=O)c1c(OCCc2cccs2)cc(=O)n2c1CCN(C(=O)c1cscn1)CC2. The molecule has 0 aliphatic carbocycles. The molecular formula is C21H21N3O5S2. The Labute approximate surface area is 186 Å². The summed E-state index contributed by atoms with van der Waals surface area (Å²) in [6.45, 7) is 1.33. The highest BCUT2D eigenvalue weighted by Crippen LogP contribution is 2.25. The zero-order valence-corrected chi connectivity index (χ0v) is 18.5. The molecule has 4 rings (SSSR count). The van der Waals surface area contributed by atoms with Gasteiger partial charge in [-0.3, -0.25) is 9.59 Å². The van der Waals surface area contributed by atoms with E-state index in [0.29, 0.717) is 43.9 Å². The van der Waals surface area contributed by atoms with Crippen LogP contribution in [0.3, 0.4) is 0 Å². The standard InChI is InChI=1S/C21H21N3O5S2/c1-28-21(27)19-16-4-6-23(20(26)15-12-30-13-22-15)7-8-24(16)18(25)11-17(19)29-9-5-14-3-2-10-31-14/h2-3,10-13H,4-9H2,1H3. The van der Waals surface area contributed by atoms with Crippen LogP contribution in [0.2, 0.25) is 0 Å². The zero-order chi connectivity index (χ0) is 21.8. The largest absolute Gasteiger partial charge is 0.492 e. The van der Waals surface area contributed by atoms with E-state index in [-0.39, 0.29) is 29.3 Å². The molecule has 3 aromatic rings. The van der Waals surface area contributed by atoms with Gasteiger partial charge in [-0.05, 0) is 11.4 Å². The van der Waals surface area contributed by atoms with Crippen LogP contribution in [0, 0.1) is 0 Å². The van der Waals surface area contributed by atoms with Crippen LogP contribution in [0.15, 0.2) is 39.3 Å². The van der Waals surface area contributed by atoms with Crippen LogP contribution in [-0.2, 0) is 24.1 Å². The lowest BCUT2D eigenvalue weighted by Crippen LogP contribution is -2.34. The highest BCUT2D eigenvalue weighted by atomic mass is 32.1. The van der Waals surface area contributed by atoms with Crippen molar-refractivity contribution in [2.24, 2.45) is 0 Å². The summed E-state index contributed by atoms with van der Waals surface area (Å²) in [5, 5.41) is 3.69. The number of thiophene rings is 1. The van der Waals surface area contributed by atoms with Gasteiger partial charge in [-0.1, -0.05) is 6.07 Å². The number of esters is 1.